The average Bonchev–Trinajstić information content (AvgIpc) is 3.34. The molecule has 4 aromatic rings. The van der Waals surface area contributed by atoms with Crippen molar-refractivity contribution in [3.63, 3.8) is 0 Å². The molecule has 1 atom stereocenters. The fourth-order valence-electron chi connectivity index (χ4n) is 3.85. The molecule has 0 bridgehead atoms. The van der Waals surface area contributed by atoms with Crippen molar-refractivity contribution in [3.05, 3.63) is 74.6 Å². The maximum absolute atomic E-state index is 13.6. The molecule has 0 unspecified atom stereocenters. The Morgan fingerprint density at radius 3 is 2.58 bits per heavy atom. The second-order valence-corrected chi connectivity index (χ2v) is 8.12. The van der Waals surface area contributed by atoms with E-state index in [4.69, 9.17) is 13.9 Å². The Hall–Kier alpha value is -3.72. The molecule has 0 N–H and O–H groups in total. The zero-order valence-electron chi connectivity index (χ0n) is 16.9. The van der Waals surface area contributed by atoms with Crippen molar-refractivity contribution < 1.29 is 18.7 Å². The summed E-state index contributed by atoms with van der Waals surface area (Å²) in [5, 5.41) is 9.65. The maximum atomic E-state index is 13.6. The summed E-state index contributed by atoms with van der Waals surface area (Å²) >= 11 is 1.27. The van der Waals surface area contributed by atoms with Crippen molar-refractivity contribution >= 4 is 33.3 Å². The lowest BCUT2D eigenvalue weighted by Crippen LogP contribution is -2.29. The van der Waals surface area contributed by atoms with Crippen LogP contribution in [0.3, 0.4) is 0 Å². The predicted octanol–water partition coefficient (Wildman–Crippen LogP) is 3.72. The number of nitrogens with zero attached hydrogens (tertiary/aromatic N) is 3. The van der Waals surface area contributed by atoms with Gasteiger partial charge in [0.25, 0.3) is 5.91 Å². The molecule has 0 fully saturated rings. The quantitative estimate of drug-likeness (QED) is 0.482. The van der Waals surface area contributed by atoms with Gasteiger partial charge >= 0.3 is 0 Å². The minimum atomic E-state index is -0.756. The average molecular weight is 435 g/mol. The first-order chi connectivity index (χ1) is 15.0. The predicted molar refractivity (Wildman–Crippen MR) is 115 cm³/mol. The van der Waals surface area contributed by atoms with Crippen LogP contribution in [0.5, 0.6) is 11.5 Å². The number of carbonyl (C=O) groups is 1. The van der Waals surface area contributed by atoms with Crippen molar-refractivity contribution in [1.29, 1.82) is 0 Å². The summed E-state index contributed by atoms with van der Waals surface area (Å²) in [6.45, 7) is 1.80. The summed E-state index contributed by atoms with van der Waals surface area (Å²) in [7, 11) is 3.07. The Morgan fingerprint density at radius 1 is 1.06 bits per heavy atom. The lowest BCUT2D eigenvalue weighted by atomic mass is 9.98. The van der Waals surface area contributed by atoms with Gasteiger partial charge in [0.15, 0.2) is 5.43 Å². The van der Waals surface area contributed by atoms with Crippen LogP contribution in [0.4, 0.5) is 5.13 Å². The number of hydrogen-bond acceptors (Lipinski definition) is 8. The number of amides is 1. The number of hydrogen-bond donors (Lipinski definition) is 0. The molecule has 5 rings (SSSR count). The highest BCUT2D eigenvalue weighted by atomic mass is 32.1. The van der Waals surface area contributed by atoms with E-state index in [1.807, 2.05) is 18.2 Å². The highest BCUT2D eigenvalue weighted by Gasteiger charge is 2.46. The molecule has 1 aliphatic heterocycles. The van der Waals surface area contributed by atoms with Gasteiger partial charge in [0.2, 0.25) is 10.9 Å². The van der Waals surface area contributed by atoms with Gasteiger partial charge in [-0.2, -0.15) is 0 Å². The van der Waals surface area contributed by atoms with Gasteiger partial charge in [-0.1, -0.05) is 29.5 Å². The van der Waals surface area contributed by atoms with E-state index in [9.17, 15) is 9.59 Å². The molecule has 2 aromatic heterocycles. The Labute approximate surface area is 180 Å². The van der Waals surface area contributed by atoms with Crippen LogP contribution in [0.2, 0.25) is 0 Å². The lowest BCUT2D eigenvalue weighted by Gasteiger charge is -2.23. The van der Waals surface area contributed by atoms with Crippen LogP contribution in [-0.4, -0.2) is 30.3 Å². The Kier molecular flexibility index (Phi) is 4.48. The zero-order chi connectivity index (χ0) is 21.7. The van der Waals surface area contributed by atoms with Gasteiger partial charge in [0.05, 0.1) is 25.2 Å². The van der Waals surface area contributed by atoms with Crippen molar-refractivity contribution in [2.24, 2.45) is 0 Å². The van der Waals surface area contributed by atoms with Crippen LogP contribution >= 0.6 is 11.3 Å². The summed E-state index contributed by atoms with van der Waals surface area (Å²) in [6.07, 6.45) is 0. The minimum absolute atomic E-state index is 0.0190. The smallest absolute Gasteiger partial charge is 0.297 e. The van der Waals surface area contributed by atoms with Gasteiger partial charge in [-0.3, -0.25) is 14.5 Å². The second-order valence-electron chi connectivity index (χ2n) is 6.96. The van der Waals surface area contributed by atoms with Crippen LogP contribution in [0.15, 0.2) is 51.7 Å². The number of rotatable bonds is 4. The Balaban J connectivity index is 1.83. The van der Waals surface area contributed by atoms with Crippen molar-refractivity contribution in [2.45, 2.75) is 13.0 Å². The maximum Gasteiger partial charge on any atom is 0.297 e. The van der Waals surface area contributed by atoms with Gasteiger partial charge in [-0.25, -0.2) is 0 Å². The summed E-state index contributed by atoms with van der Waals surface area (Å²) in [5.74, 6) is 0.603. The van der Waals surface area contributed by atoms with Crippen LogP contribution in [0, 0.1) is 6.92 Å². The van der Waals surface area contributed by atoms with Crippen LogP contribution in [-0.2, 0) is 0 Å². The topological polar surface area (TPSA) is 94.8 Å². The fourth-order valence-corrected chi connectivity index (χ4v) is 4.56. The number of aromatic nitrogens is 2. The summed E-state index contributed by atoms with van der Waals surface area (Å²) in [4.78, 5) is 28.5. The van der Waals surface area contributed by atoms with Gasteiger partial charge in [0.1, 0.15) is 28.1 Å². The van der Waals surface area contributed by atoms with Crippen molar-refractivity contribution in [1.82, 2.24) is 10.2 Å². The van der Waals surface area contributed by atoms with E-state index in [2.05, 4.69) is 10.2 Å². The molecule has 0 aliphatic carbocycles. The fraction of sp³-hybridized carbons (Fsp3) is 0.182. The summed E-state index contributed by atoms with van der Waals surface area (Å²) in [6, 6.07) is 11.4. The zero-order valence-corrected chi connectivity index (χ0v) is 17.7. The second kappa shape index (κ2) is 7.21. The monoisotopic (exact) mass is 435 g/mol. The molecule has 1 amide bonds. The van der Waals surface area contributed by atoms with Crippen LogP contribution in [0.1, 0.15) is 32.7 Å². The number of fused-ring (bicyclic) bond motifs is 2. The highest BCUT2D eigenvalue weighted by molar-refractivity contribution is 7.15. The molecule has 31 heavy (non-hydrogen) atoms. The molecular formula is C22H17N3O5S. The van der Waals surface area contributed by atoms with Crippen LogP contribution in [0.25, 0.3) is 11.0 Å². The third-order valence-electron chi connectivity index (χ3n) is 5.23. The third kappa shape index (κ3) is 2.89. The van der Waals surface area contributed by atoms with Crippen LogP contribution < -0.4 is 19.8 Å². The molecular weight excluding hydrogens is 418 g/mol. The largest absolute Gasteiger partial charge is 0.497 e. The van der Waals surface area contributed by atoms with Gasteiger partial charge in [-0.15, -0.1) is 10.2 Å². The molecule has 0 saturated heterocycles. The van der Waals surface area contributed by atoms with Gasteiger partial charge in [-0.05, 0) is 25.1 Å². The van der Waals surface area contributed by atoms with E-state index >= 15 is 0 Å². The number of benzene rings is 2. The normalized spacial score (nSPS) is 15.4. The molecule has 156 valence electrons. The van der Waals surface area contributed by atoms with E-state index in [1.165, 1.54) is 23.3 Å². The standard InChI is InChI=1S/C22H17N3O5S/c1-11-23-24-22(31-11)25-18(13-6-4-5-7-15(13)29-3)17-19(26)14-9-8-12(28-2)10-16(14)30-20(17)21(25)27/h4-10,18H,1-3H3/t18-/m1/s1. The van der Waals surface area contributed by atoms with E-state index in [0.717, 1.165) is 0 Å². The number of ether oxygens (including phenoxy) is 2. The van der Waals surface area contributed by atoms with E-state index in [0.29, 0.717) is 32.6 Å². The molecule has 0 saturated carbocycles. The van der Waals surface area contributed by atoms with Gasteiger partial charge < -0.3 is 13.9 Å². The first-order valence-electron chi connectivity index (χ1n) is 9.44. The molecule has 8 nitrogen and oxygen atoms in total. The van der Waals surface area contributed by atoms with E-state index in [-0.39, 0.29) is 22.3 Å². The number of carbonyl (C=O) groups excluding carboxylic acids is 1. The molecule has 0 radical (unpaired) electrons. The Morgan fingerprint density at radius 2 is 1.87 bits per heavy atom. The third-order valence-corrected chi connectivity index (χ3v) is 6.07. The number of para-hydroxylation sites is 1. The highest BCUT2D eigenvalue weighted by Crippen LogP contribution is 2.44. The number of methoxy groups -OCH3 is 2. The SMILES string of the molecule is COc1ccc2c(=O)c3c(oc2c1)C(=O)N(c1nnc(C)s1)[C@@H]3c1ccccc1OC. The van der Waals surface area contributed by atoms with E-state index in [1.54, 1.807) is 38.3 Å². The van der Waals surface area contributed by atoms with Gasteiger partial charge in [0, 0.05) is 11.6 Å². The summed E-state index contributed by atoms with van der Waals surface area (Å²) in [5.41, 5.74) is 0.905. The van der Waals surface area contributed by atoms with E-state index < -0.39 is 11.9 Å². The molecule has 0 spiro atoms. The molecule has 2 aromatic carbocycles. The van der Waals surface area contributed by atoms with Crippen molar-refractivity contribution in [2.75, 3.05) is 19.1 Å². The number of aryl methyl sites for hydroxylation is 1. The first-order valence-corrected chi connectivity index (χ1v) is 10.3. The summed E-state index contributed by atoms with van der Waals surface area (Å²) < 4.78 is 16.7. The Bertz CT molecular complexity index is 1390. The molecule has 1 aliphatic rings. The number of anilines is 1. The minimum Gasteiger partial charge on any atom is -0.497 e. The lowest BCUT2D eigenvalue weighted by molar-refractivity contribution is 0.0970. The molecule has 3 heterocycles. The van der Waals surface area contributed by atoms with Crippen molar-refractivity contribution in [3.8, 4) is 11.5 Å². The molecule has 9 heteroatoms. The first kappa shape index (κ1) is 19.3.